The Morgan fingerprint density at radius 1 is 1.30 bits per heavy atom. The summed E-state index contributed by atoms with van der Waals surface area (Å²) in [5.41, 5.74) is 0.644. The van der Waals surface area contributed by atoms with Gasteiger partial charge in [-0.25, -0.2) is 8.42 Å². The Kier molecular flexibility index (Phi) is 4.44. The van der Waals surface area contributed by atoms with Gasteiger partial charge in [-0.15, -0.1) is 10.2 Å². The van der Waals surface area contributed by atoms with Crippen molar-refractivity contribution < 1.29 is 8.42 Å². The van der Waals surface area contributed by atoms with E-state index in [1.54, 1.807) is 18.2 Å². The lowest BCUT2D eigenvalue weighted by atomic mass is 10.2. The summed E-state index contributed by atoms with van der Waals surface area (Å²) in [4.78, 5) is 0. The zero-order valence-corrected chi connectivity index (χ0v) is 14.4. The van der Waals surface area contributed by atoms with E-state index in [1.165, 1.54) is 4.57 Å². The molecule has 0 aliphatic carbocycles. The second kappa shape index (κ2) is 5.63. The van der Waals surface area contributed by atoms with Crippen molar-refractivity contribution >= 4 is 47.3 Å². The summed E-state index contributed by atoms with van der Waals surface area (Å²) in [5.74, 6) is 0.383. The molecule has 0 spiro atoms. The van der Waals surface area contributed by atoms with Crippen LogP contribution in [0.4, 0.5) is 0 Å². The zero-order chi connectivity index (χ0) is 15.1. The summed E-state index contributed by atoms with van der Waals surface area (Å²) in [6.07, 6.45) is 0. The molecule has 0 fully saturated rings. The van der Waals surface area contributed by atoms with Crippen LogP contribution in [0.5, 0.6) is 0 Å². The monoisotopic (exact) mass is 397 g/mol. The highest BCUT2D eigenvalue weighted by Crippen LogP contribution is 2.33. The van der Waals surface area contributed by atoms with Gasteiger partial charge in [0.25, 0.3) is 14.2 Å². The standard InChI is InChI=1S/C11H10BrCl2N3O2S/c1-6(2)17-10(15-16-11(17)20(14,18)19)8-5-7(13)3-4-9(8)12/h3-6H,1-2H3. The fraction of sp³-hybridized carbons (Fsp3) is 0.273. The SMILES string of the molecule is CC(C)n1c(-c2cc(Cl)ccc2Br)nnc1S(=O)(=O)Cl. The van der Waals surface area contributed by atoms with Crippen LogP contribution in [0.15, 0.2) is 27.8 Å². The maximum absolute atomic E-state index is 11.6. The van der Waals surface area contributed by atoms with E-state index < -0.39 is 9.05 Å². The first-order chi connectivity index (χ1) is 9.21. The molecule has 1 heterocycles. The lowest BCUT2D eigenvalue weighted by Crippen LogP contribution is -2.10. The number of hydrogen-bond donors (Lipinski definition) is 0. The van der Waals surface area contributed by atoms with Crippen LogP contribution in [0.25, 0.3) is 11.4 Å². The van der Waals surface area contributed by atoms with Crippen molar-refractivity contribution in [2.75, 3.05) is 0 Å². The molecule has 0 aliphatic rings. The molecule has 0 saturated heterocycles. The van der Waals surface area contributed by atoms with Gasteiger partial charge in [0.15, 0.2) is 5.82 Å². The lowest BCUT2D eigenvalue weighted by Gasteiger charge is -2.13. The molecule has 0 saturated carbocycles. The molecule has 0 amide bonds. The van der Waals surface area contributed by atoms with Crippen molar-refractivity contribution in [3.8, 4) is 11.4 Å². The number of halogens is 3. The quantitative estimate of drug-likeness (QED) is 0.736. The summed E-state index contributed by atoms with van der Waals surface area (Å²) in [7, 11) is 1.42. The van der Waals surface area contributed by atoms with Crippen molar-refractivity contribution in [3.05, 3.63) is 27.7 Å². The fourth-order valence-electron chi connectivity index (χ4n) is 1.76. The van der Waals surface area contributed by atoms with Crippen LogP contribution < -0.4 is 0 Å². The van der Waals surface area contributed by atoms with Crippen LogP contribution in [0.2, 0.25) is 5.02 Å². The molecule has 20 heavy (non-hydrogen) atoms. The molecule has 108 valence electrons. The number of rotatable bonds is 3. The van der Waals surface area contributed by atoms with Gasteiger partial charge < -0.3 is 0 Å². The molecule has 2 rings (SSSR count). The number of hydrogen-bond acceptors (Lipinski definition) is 4. The first-order valence-electron chi connectivity index (χ1n) is 5.57. The van der Waals surface area contributed by atoms with Gasteiger partial charge in [-0.2, -0.15) is 0 Å². The summed E-state index contributed by atoms with van der Waals surface area (Å²) in [5, 5.41) is 7.85. The van der Waals surface area contributed by atoms with Crippen LogP contribution in [-0.2, 0) is 9.05 Å². The number of nitrogens with zero attached hydrogens (tertiary/aromatic N) is 3. The van der Waals surface area contributed by atoms with Crippen LogP contribution in [0.1, 0.15) is 19.9 Å². The third-order valence-corrected chi connectivity index (χ3v) is 4.62. The summed E-state index contributed by atoms with van der Waals surface area (Å²) < 4.78 is 25.3. The van der Waals surface area contributed by atoms with E-state index in [1.807, 2.05) is 13.8 Å². The van der Waals surface area contributed by atoms with Crippen LogP contribution in [-0.4, -0.2) is 23.2 Å². The highest BCUT2D eigenvalue weighted by atomic mass is 79.9. The molecule has 1 aromatic carbocycles. The van der Waals surface area contributed by atoms with Crippen molar-refractivity contribution in [1.82, 2.24) is 14.8 Å². The molecule has 1 aromatic heterocycles. The van der Waals surface area contributed by atoms with Gasteiger partial charge in [-0.05, 0) is 32.0 Å². The molecule has 0 atom stereocenters. The molecular formula is C11H10BrCl2N3O2S. The molecule has 5 nitrogen and oxygen atoms in total. The summed E-state index contributed by atoms with van der Waals surface area (Å²) in [6.45, 7) is 3.63. The Morgan fingerprint density at radius 2 is 1.95 bits per heavy atom. The number of aromatic nitrogens is 3. The first-order valence-corrected chi connectivity index (χ1v) is 9.05. The normalized spacial score (nSPS) is 12.1. The van der Waals surface area contributed by atoms with Crippen LogP contribution in [0, 0.1) is 0 Å². The Labute approximate surface area is 134 Å². The second-order valence-corrected chi connectivity index (χ2v) is 8.08. The predicted octanol–water partition coefficient (Wildman–Crippen LogP) is 3.87. The molecule has 0 unspecified atom stereocenters. The van der Waals surface area contributed by atoms with Crippen LogP contribution in [0.3, 0.4) is 0 Å². The van der Waals surface area contributed by atoms with E-state index in [2.05, 4.69) is 26.1 Å². The largest absolute Gasteiger partial charge is 0.296 e. The van der Waals surface area contributed by atoms with Gasteiger partial charge in [-0.3, -0.25) is 4.57 Å². The smallest absolute Gasteiger partial charge is 0.294 e. The minimum Gasteiger partial charge on any atom is -0.294 e. The lowest BCUT2D eigenvalue weighted by molar-refractivity contribution is 0.530. The van der Waals surface area contributed by atoms with Crippen molar-refractivity contribution in [3.63, 3.8) is 0 Å². The van der Waals surface area contributed by atoms with Crippen molar-refractivity contribution in [2.45, 2.75) is 25.0 Å². The summed E-state index contributed by atoms with van der Waals surface area (Å²) in [6, 6.07) is 4.96. The van der Waals surface area contributed by atoms with E-state index in [-0.39, 0.29) is 11.2 Å². The molecule has 0 N–H and O–H groups in total. The van der Waals surface area contributed by atoms with E-state index in [4.69, 9.17) is 22.3 Å². The molecule has 0 radical (unpaired) electrons. The first kappa shape index (κ1) is 15.8. The molecule has 0 bridgehead atoms. The van der Waals surface area contributed by atoms with E-state index >= 15 is 0 Å². The zero-order valence-electron chi connectivity index (χ0n) is 10.5. The molecule has 9 heteroatoms. The van der Waals surface area contributed by atoms with E-state index in [0.29, 0.717) is 16.4 Å². The summed E-state index contributed by atoms with van der Waals surface area (Å²) >= 11 is 9.36. The second-order valence-electron chi connectivity index (χ2n) is 4.33. The Bertz CT molecular complexity index is 759. The van der Waals surface area contributed by atoms with Gasteiger partial charge in [0.05, 0.1) is 0 Å². The van der Waals surface area contributed by atoms with Gasteiger partial charge in [0.1, 0.15) is 0 Å². The third-order valence-electron chi connectivity index (χ3n) is 2.57. The van der Waals surface area contributed by atoms with E-state index in [0.717, 1.165) is 4.47 Å². The maximum Gasteiger partial charge on any atom is 0.296 e. The Balaban J connectivity index is 2.76. The average Bonchev–Trinajstić information content (AvgIpc) is 2.76. The maximum atomic E-state index is 11.6. The van der Waals surface area contributed by atoms with Gasteiger partial charge in [-0.1, -0.05) is 27.5 Å². The Hall–Kier alpha value is -0.630. The Morgan fingerprint density at radius 3 is 2.50 bits per heavy atom. The molecule has 0 aliphatic heterocycles. The van der Waals surface area contributed by atoms with Gasteiger partial charge in [0, 0.05) is 31.8 Å². The average molecular weight is 399 g/mol. The number of benzene rings is 1. The highest BCUT2D eigenvalue weighted by molar-refractivity contribution is 9.10. The molecule has 2 aromatic rings. The minimum atomic E-state index is -3.98. The predicted molar refractivity (Wildman–Crippen MR) is 81.6 cm³/mol. The minimum absolute atomic E-state index is 0.186. The van der Waals surface area contributed by atoms with Crippen molar-refractivity contribution in [1.29, 1.82) is 0 Å². The van der Waals surface area contributed by atoms with Gasteiger partial charge in [0.2, 0.25) is 0 Å². The van der Waals surface area contributed by atoms with E-state index in [9.17, 15) is 8.42 Å². The fourth-order valence-corrected chi connectivity index (χ4v) is 3.34. The highest BCUT2D eigenvalue weighted by Gasteiger charge is 2.25. The van der Waals surface area contributed by atoms with Crippen molar-refractivity contribution in [2.24, 2.45) is 0 Å². The van der Waals surface area contributed by atoms with Crippen LogP contribution >= 0.6 is 38.2 Å². The molecular weight excluding hydrogens is 389 g/mol. The third kappa shape index (κ3) is 3.00. The topological polar surface area (TPSA) is 64.8 Å². The van der Waals surface area contributed by atoms with Gasteiger partial charge >= 0.3 is 0 Å².